The van der Waals surface area contributed by atoms with Gasteiger partial charge in [0.2, 0.25) is 0 Å². The maximum atomic E-state index is 13.0. The number of carbonyl (C=O) groups excluding carboxylic acids is 1. The van der Waals surface area contributed by atoms with E-state index in [0.717, 1.165) is 13.2 Å². The van der Waals surface area contributed by atoms with Gasteiger partial charge in [-0.2, -0.15) is 0 Å². The van der Waals surface area contributed by atoms with Gasteiger partial charge in [-0.1, -0.05) is 0 Å². The first-order valence-corrected chi connectivity index (χ1v) is 4.48. The van der Waals surface area contributed by atoms with Crippen molar-refractivity contribution in [2.45, 2.75) is 0 Å². The van der Waals surface area contributed by atoms with E-state index in [9.17, 15) is 18.0 Å². The minimum Gasteiger partial charge on any atom is -0.465 e. The van der Waals surface area contributed by atoms with Crippen LogP contribution in [0.25, 0.3) is 0 Å². The topological polar surface area (TPSA) is 26.3 Å². The highest BCUT2D eigenvalue weighted by atomic mass is 127. The van der Waals surface area contributed by atoms with Crippen molar-refractivity contribution < 1.29 is 22.7 Å². The maximum absolute atomic E-state index is 13.0. The SMILES string of the molecule is COC(=O)c1cc(I)c(F)c(F)c1F. The molecule has 2 nitrogen and oxygen atoms in total. The predicted octanol–water partition coefficient (Wildman–Crippen LogP) is 2.50. The Bertz CT molecular complexity index is 393. The van der Waals surface area contributed by atoms with Gasteiger partial charge < -0.3 is 4.74 Å². The van der Waals surface area contributed by atoms with E-state index in [1.807, 2.05) is 0 Å². The first kappa shape index (κ1) is 11.3. The van der Waals surface area contributed by atoms with Gasteiger partial charge in [0.1, 0.15) is 0 Å². The Kier molecular flexibility index (Phi) is 3.35. The molecule has 6 heteroatoms. The van der Waals surface area contributed by atoms with Crippen LogP contribution in [0.4, 0.5) is 13.2 Å². The highest BCUT2D eigenvalue weighted by Gasteiger charge is 2.21. The summed E-state index contributed by atoms with van der Waals surface area (Å²) in [5, 5.41) is 0. The molecule has 0 saturated carbocycles. The summed E-state index contributed by atoms with van der Waals surface area (Å²) in [6.45, 7) is 0. The molecule has 0 aliphatic rings. The quantitative estimate of drug-likeness (QED) is 0.344. The van der Waals surface area contributed by atoms with Crippen LogP contribution in [-0.2, 0) is 4.74 Å². The summed E-state index contributed by atoms with van der Waals surface area (Å²) >= 11 is 1.45. The smallest absolute Gasteiger partial charge is 0.341 e. The summed E-state index contributed by atoms with van der Waals surface area (Å²) in [6.07, 6.45) is 0. The van der Waals surface area contributed by atoms with E-state index in [4.69, 9.17) is 0 Å². The molecule has 76 valence electrons. The van der Waals surface area contributed by atoms with Gasteiger partial charge in [0.25, 0.3) is 0 Å². The van der Waals surface area contributed by atoms with Gasteiger partial charge in [-0.15, -0.1) is 0 Å². The van der Waals surface area contributed by atoms with Gasteiger partial charge >= 0.3 is 5.97 Å². The lowest BCUT2D eigenvalue weighted by Crippen LogP contribution is -2.08. The zero-order valence-corrected chi connectivity index (χ0v) is 9.06. The van der Waals surface area contributed by atoms with Crippen LogP contribution in [0, 0.1) is 21.0 Å². The maximum Gasteiger partial charge on any atom is 0.341 e. The van der Waals surface area contributed by atoms with Crippen LogP contribution in [-0.4, -0.2) is 13.1 Å². The number of halogens is 4. The Morgan fingerprint density at radius 2 is 1.86 bits per heavy atom. The summed E-state index contributed by atoms with van der Waals surface area (Å²) in [5.74, 6) is -5.55. The number of esters is 1. The molecule has 0 fully saturated rings. The van der Waals surface area contributed by atoms with Crippen LogP contribution < -0.4 is 0 Å². The Morgan fingerprint density at radius 3 is 2.36 bits per heavy atom. The lowest BCUT2D eigenvalue weighted by atomic mass is 10.2. The highest BCUT2D eigenvalue weighted by Crippen LogP contribution is 2.21. The molecule has 0 heterocycles. The molecule has 0 aliphatic heterocycles. The van der Waals surface area contributed by atoms with Crippen molar-refractivity contribution in [3.8, 4) is 0 Å². The number of hydrogen-bond donors (Lipinski definition) is 0. The highest BCUT2D eigenvalue weighted by molar-refractivity contribution is 14.1. The summed E-state index contributed by atoms with van der Waals surface area (Å²) in [4.78, 5) is 10.9. The van der Waals surface area contributed by atoms with E-state index in [-0.39, 0.29) is 3.57 Å². The second-order valence-electron chi connectivity index (χ2n) is 2.34. The molecule has 0 radical (unpaired) electrons. The summed E-state index contributed by atoms with van der Waals surface area (Å²) in [5.41, 5.74) is -0.615. The molecule has 1 aromatic carbocycles. The van der Waals surface area contributed by atoms with Crippen molar-refractivity contribution in [2.75, 3.05) is 7.11 Å². The molecule has 0 amide bonds. The molecule has 0 bridgehead atoms. The molecule has 1 rings (SSSR count). The van der Waals surface area contributed by atoms with Gasteiger partial charge in [0.05, 0.1) is 16.2 Å². The molecule has 0 saturated heterocycles. The van der Waals surface area contributed by atoms with Crippen LogP contribution in [0.15, 0.2) is 6.07 Å². The normalized spacial score (nSPS) is 10.1. The predicted molar refractivity (Wildman–Crippen MR) is 50.4 cm³/mol. The van der Waals surface area contributed by atoms with E-state index < -0.39 is 29.0 Å². The second kappa shape index (κ2) is 4.16. The van der Waals surface area contributed by atoms with Gasteiger partial charge in [0, 0.05) is 0 Å². The number of benzene rings is 1. The van der Waals surface area contributed by atoms with Gasteiger partial charge in [0.15, 0.2) is 17.5 Å². The van der Waals surface area contributed by atoms with Gasteiger partial charge in [-0.25, -0.2) is 18.0 Å². The van der Waals surface area contributed by atoms with Gasteiger partial charge in [-0.05, 0) is 28.7 Å². The summed E-state index contributed by atoms with van der Waals surface area (Å²) < 4.78 is 42.5. The van der Waals surface area contributed by atoms with Gasteiger partial charge in [-0.3, -0.25) is 0 Å². The average Bonchev–Trinajstić information content (AvgIpc) is 2.19. The minimum atomic E-state index is -1.67. The standard InChI is InChI=1S/C8H4F3IO2/c1-14-8(13)3-2-4(12)6(10)7(11)5(3)9/h2H,1H3. The molecule has 0 atom stereocenters. The van der Waals surface area contributed by atoms with Crippen LogP contribution in [0.1, 0.15) is 10.4 Å². The van der Waals surface area contributed by atoms with E-state index in [2.05, 4.69) is 4.74 Å². The average molecular weight is 316 g/mol. The number of hydrogen-bond acceptors (Lipinski definition) is 2. The molecule has 0 unspecified atom stereocenters. The summed E-state index contributed by atoms with van der Waals surface area (Å²) in [6, 6.07) is 0.889. The van der Waals surface area contributed by atoms with Crippen molar-refractivity contribution in [1.29, 1.82) is 0 Å². The molecule has 0 spiro atoms. The Balaban J connectivity index is 3.40. The molecular formula is C8H4F3IO2. The third-order valence-corrected chi connectivity index (χ3v) is 2.29. The molecule has 14 heavy (non-hydrogen) atoms. The van der Waals surface area contributed by atoms with Crippen LogP contribution in [0.2, 0.25) is 0 Å². The minimum absolute atomic E-state index is 0.179. The Hall–Kier alpha value is -0.790. The Morgan fingerprint density at radius 1 is 1.29 bits per heavy atom. The van der Waals surface area contributed by atoms with Crippen molar-refractivity contribution in [3.63, 3.8) is 0 Å². The number of rotatable bonds is 1. The molecular weight excluding hydrogens is 312 g/mol. The number of methoxy groups -OCH3 is 1. The fourth-order valence-electron chi connectivity index (χ4n) is 0.831. The Labute approximate surface area is 91.2 Å². The van der Waals surface area contributed by atoms with Crippen LogP contribution >= 0.6 is 22.6 Å². The first-order valence-electron chi connectivity index (χ1n) is 3.40. The zero-order chi connectivity index (χ0) is 10.9. The van der Waals surface area contributed by atoms with Crippen molar-refractivity contribution in [2.24, 2.45) is 0 Å². The van der Waals surface area contributed by atoms with E-state index in [0.29, 0.717) is 0 Å². The summed E-state index contributed by atoms with van der Waals surface area (Å²) in [7, 11) is 1.02. The van der Waals surface area contributed by atoms with Crippen molar-refractivity contribution in [3.05, 3.63) is 32.7 Å². The van der Waals surface area contributed by atoms with Crippen LogP contribution in [0.5, 0.6) is 0 Å². The molecule has 1 aromatic rings. The van der Waals surface area contributed by atoms with E-state index in [1.54, 1.807) is 0 Å². The monoisotopic (exact) mass is 316 g/mol. The fraction of sp³-hybridized carbons (Fsp3) is 0.125. The second-order valence-corrected chi connectivity index (χ2v) is 3.50. The van der Waals surface area contributed by atoms with Crippen molar-refractivity contribution in [1.82, 2.24) is 0 Å². The first-order chi connectivity index (χ1) is 6.49. The lowest BCUT2D eigenvalue weighted by molar-refractivity contribution is 0.0594. The molecule has 0 aromatic heterocycles. The third kappa shape index (κ3) is 1.84. The van der Waals surface area contributed by atoms with E-state index in [1.165, 1.54) is 22.6 Å². The fourth-order valence-corrected chi connectivity index (χ4v) is 1.38. The van der Waals surface area contributed by atoms with Crippen molar-refractivity contribution >= 4 is 28.6 Å². The van der Waals surface area contributed by atoms with E-state index >= 15 is 0 Å². The molecule has 0 aliphatic carbocycles. The van der Waals surface area contributed by atoms with Crippen LogP contribution in [0.3, 0.4) is 0 Å². The number of ether oxygens (including phenoxy) is 1. The lowest BCUT2D eigenvalue weighted by Gasteiger charge is -2.04. The zero-order valence-electron chi connectivity index (χ0n) is 6.91. The third-order valence-electron chi connectivity index (χ3n) is 1.51. The number of carbonyl (C=O) groups is 1. The molecule has 0 N–H and O–H groups in total. The largest absolute Gasteiger partial charge is 0.465 e.